The first-order valence-electron chi connectivity index (χ1n) is 6.67. The highest BCUT2D eigenvalue weighted by Gasteiger charge is 2.42. The molecule has 0 bridgehead atoms. The lowest BCUT2D eigenvalue weighted by Gasteiger charge is -2.16. The summed E-state index contributed by atoms with van der Waals surface area (Å²) in [6, 6.07) is 10.4. The number of nitrogens with one attached hydrogen (secondary N) is 1. The number of benzene rings is 1. The third-order valence-corrected chi connectivity index (χ3v) is 3.40. The first-order chi connectivity index (χ1) is 8.35. The van der Waals surface area contributed by atoms with Gasteiger partial charge in [0.2, 0.25) is 0 Å². The van der Waals surface area contributed by atoms with Crippen LogP contribution in [0.2, 0.25) is 0 Å². The summed E-state index contributed by atoms with van der Waals surface area (Å²) >= 11 is 0. The lowest BCUT2D eigenvalue weighted by atomic mass is 10.1. The topological polar surface area (TPSA) is 21.3 Å². The Morgan fingerprint density at radius 3 is 2.65 bits per heavy atom. The number of hydrogen-bond donors (Lipinski definition) is 1. The molecule has 2 heteroatoms. The molecule has 17 heavy (non-hydrogen) atoms. The summed E-state index contributed by atoms with van der Waals surface area (Å²) in [4.78, 5) is 0. The van der Waals surface area contributed by atoms with Gasteiger partial charge in [0.25, 0.3) is 0 Å². The van der Waals surface area contributed by atoms with Crippen molar-refractivity contribution in [1.29, 1.82) is 0 Å². The van der Waals surface area contributed by atoms with Crippen LogP contribution in [0.5, 0.6) is 0 Å². The lowest BCUT2D eigenvalue weighted by Crippen LogP contribution is -2.27. The summed E-state index contributed by atoms with van der Waals surface area (Å²) in [5, 5.41) is 3.51. The molecule has 2 rings (SSSR count). The number of ether oxygens (including phenoxy) is 1. The molecule has 0 aliphatic heterocycles. The Kier molecular flexibility index (Phi) is 4.57. The number of hydrogen-bond acceptors (Lipinski definition) is 2. The van der Waals surface area contributed by atoms with Gasteiger partial charge < -0.3 is 10.1 Å². The quantitative estimate of drug-likeness (QED) is 0.697. The molecule has 94 valence electrons. The summed E-state index contributed by atoms with van der Waals surface area (Å²) in [5.74, 6) is 0. The Morgan fingerprint density at radius 2 is 2.00 bits per heavy atom. The summed E-state index contributed by atoms with van der Waals surface area (Å²) in [7, 11) is 0. The van der Waals surface area contributed by atoms with Gasteiger partial charge in [-0.2, -0.15) is 0 Å². The zero-order valence-corrected chi connectivity index (χ0v) is 10.7. The van der Waals surface area contributed by atoms with Gasteiger partial charge in [-0.3, -0.25) is 0 Å². The molecule has 0 saturated heterocycles. The van der Waals surface area contributed by atoms with Gasteiger partial charge in [-0.1, -0.05) is 37.3 Å². The Balaban J connectivity index is 1.65. The monoisotopic (exact) mass is 233 g/mol. The van der Waals surface area contributed by atoms with Crippen LogP contribution < -0.4 is 5.32 Å². The molecule has 2 nitrogen and oxygen atoms in total. The first kappa shape index (κ1) is 12.6. The molecule has 1 saturated carbocycles. The van der Waals surface area contributed by atoms with Gasteiger partial charge in [0, 0.05) is 12.0 Å². The lowest BCUT2D eigenvalue weighted by molar-refractivity contribution is 0.0778. The van der Waals surface area contributed by atoms with Crippen molar-refractivity contribution in [3.63, 3.8) is 0 Å². The van der Waals surface area contributed by atoms with E-state index in [1.807, 2.05) is 6.07 Å². The van der Waals surface area contributed by atoms with E-state index in [0.717, 1.165) is 26.3 Å². The van der Waals surface area contributed by atoms with Crippen molar-refractivity contribution in [2.75, 3.05) is 19.7 Å². The zero-order valence-electron chi connectivity index (χ0n) is 10.7. The summed E-state index contributed by atoms with van der Waals surface area (Å²) < 4.78 is 5.84. The molecule has 1 fully saturated rings. The molecule has 0 amide bonds. The van der Waals surface area contributed by atoms with Gasteiger partial charge in [-0.05, 0) is 31.4 Å². The van der Waals surface area contributed by atoms with E-state index in [1.165, 1.54) is 24.8 Å². The highest BCUT2D eigenvalue weighted by molar-refractivity contribution is 5.13. The summed E-state index contributed by atoms with van der Waals surface area (Å²) in [6.07, 6.45) is 3.85. The maximum Gasteiger partial charge on any atom is 0.0717 e. The summed E-state index contributed by atoms with van der Waals surface area (Å²) in [5.41, 5.74) is 1.72. The minimum Gasteiger partial charge on any atom is -0.376 e. The molecule has 0 aromatic heterocycles. The fourth-order valence-corrected chi connectivity index (χ4v) is 2.04. The van der Waals surface area contributed by atoms with Crippen LogP contribution in [0.4, 0.5) is 0 Å². The van der Waals surface area contributed by atoms with Crippen molar-refractivity contribution in [2.45, 2.75) is 32.8 Å². The van der Waals surface area contributed by atoms with E-state index in [1.54, 1.807) is 0 Å². The Hall–Kier alpha value is -0.860. The predicted octanol–water partition coefficient (Wildman–Crippen LogP) is 2.98. The second kappa shape index (κ2) is 6.18. The molecule has 0 radical (unpaired) electrons. The van der Waals surface area contributed by atoms with Crippen molar-refractivity contribution in [3.8, 4) is 0 Å². The van der Waals surface area contributed by atoms with Gasteiger partial charge in [0.1, 0.15) is 0 Å². The maximum absolute atomic E-state index is 5.84. The van der Waals surface area contributed by atoms with E-state index in [0.29, 0.717) is 5.41 Å². The van der Waals surface area contributed by atoms with Crippen LogP contribution >= 0.6 is 0 Å². The van der Waals surface area contributed by atoms with Crippen molar-refractivity contribution in [3.05, 3.63) is 35.9 Å². The molecule has 0 atom stereocenters. The Labute approximate surface area is 104 Å². The van der Waals surface area contributed by atoms with Crippen LogP contribution in [-0.2, 0) is 11.3 Å². The number of rotatable bonds is 8. The smallest absolute Gasteiger partial charge is 0.0717 e. The van der Waals surface area contributed by atoms with E-state index in [2.05, 4.69) is 36.5 Å². The normalized spacial score (nSPS) is 17.0. The third-order valence-electron chi connectivity index (χ3n) is 3.40. The van der Waals surface area contributed by atoms with E-state index in [-0.39, 0.29) is 0 Å². The zero-order chi connectivity index (χ0) is 12.0. The largest absolute Gasteiger partial charge is 0.376 e. The van der Waals surface area contributed by atoms with Gasteiger partial charge in [0.15, 0.2) is 0 Å². The average Bonchev–Trinajstić information content (AvgIpc) is 3.11. The maximum atomic E-state index is 5.84. The van der Waals surface area contributed by atoms with Crippen molar-refractivity contribution in [1.82, 2.24) is 5.32 Å². The van der Waals surface area contributed by atoms with Gasteiger partial charge in [-0.15, -0.1) is 0 Å². The van der Waals surface area contributed by atoms with Crippen LogP contribution in [0.25, 0.3) is 0 Å². The first-order valence-corrected chi connectivity index (χ1v) is 6.67. The fourth-order valence-electron chi connectivity index (χ4n) is 2.04. The standard InChI is InChI=1S/C15H23NO/c1-2-10-16-12-15(8-9-15)13-17-11-14-6-4-3-5-7-14/h3-7,16H,2,8-13H2,1H3. The van der Waals surface area contributed by atoms with Gasteiger partial charge in [-0.25, -0.2) is 0 Å². The van der Waals surface area contributed by atoms with E-state index in [9.17, 15) is 0 Å². The van der Waals surface area contributed by atoms with Crippen LogP contribution in [0.15, 0.2) is 30.3 Å². The van der Waals surface area contributed by atoms with Crippen molar-refractivity contribution in [2.24, 2.45) is 5.41 Å². The molecule has 1 aromatic carbocycles. The molecule has 1 aliphatic rings. The molecule has 1 aromatic rings. The van der Waals surface area contributed by atoms with Crippen LogP contribution in [0, 0.1) is 5.41 Å². The van der Waals surface area contributed by atoms with Gasteiger partial charge in [0.05, 0.1) is 13.2 Å². The fraction of sp³-hybridized carbons (Fsp3) is 0.600. The van der Waals surface area contributed by atoms with Crippen molar-refractivity contribution < 1.29 is 4.74 Å². The Morgan fingerprint density at radius 1 is 1.24 bits per heavy atom. The molecule has 1 N–H and O–H groups in total. The van der Waals surface area contributed by atoms with Crippen LogP contribution in [0.3, 0.4) is 0 Å². The average molecular weight is 233 g/mol. The molecule has 0 unspecified atom stereocenters. The SMILES string of the molecule is CCCNCC1(COCc2ccccc2)CC1. The van der Waals surface area contributed by atoms with E-state index < -0.39 is 0 Å². The molecule has 0 heterocycles. The Bertz CT molecular complexity index is 319. The van der Waals surface area contributed by atoms with E-state index in [4.69, 9.17) is 4.74 Å². The molecular weight excluding hydrogens is 210 g/mol. The predicted molar refractivity (Wildman–Crippen MR) is 70.9 cm³/mol. The highest BCUT2D eigenvalue weighted by Crippen LogP contribution is 2.45. The summed E-state index contributed by atoms with van der Waals surface area (Å²) in [6.45, 7) is 6.10. The third kappa shape index (κ3) is 4.14. The van der Waals surface area contributed by atoms with Gasteiger partial charge >= 0.3 is 0 Å². The molecule has 0 spiro atoms. The van der Waals surface area contributed by atoms with Crippen LogP contribution in [-0.4, -0.2) is 19.7 Å². The molecular formula is C15H23NO. The minimum atomic E-state index is 0.448. The second-order valence-electron chi connectivity index (χ2n) is 5.16. The van der Waals surface area contributed by atoms with E-state index >= 15 is 0 Å². The molecule has 1 aliphatic carbocycles. The minimum absolute atomic E-state index is 0.448. The highest BCUT2D eigenvalue weighted by atomic mass is 16.5. The van der Waals surface area contributed by atoms with Crippen LogP contribution in [0.1, 0.15) is 31.7 Å². The second-order valence-corrected chi connectivity index (χ2v) is 5.16. The van der Waals surface area contributed by atoms with Crippen molar-refractivity contribution >= 4 is 0 Å².